The van der Waals surface area contributed by atoms with Gasteiger partial charge in [-0.3, -0.25) is 4.79 Å². The number of carbonyl (C=O) groups excluding carboxylic acids is 1. The Balaban J connectivity index is 1.40. The first-order valence-corrected chi connectivity index (χ1v) is 12.6. The van der Waals surface area contributed by atoms with Gasteiger partial charge in [-0.2, -0.15) is 0 Å². The van der Waals surface area contributed by atoms with Gasteiger partial charge in [-0.1, -0.05) is 35.9 Å². The molecule has 186 valence electrons. The fourth-order valence-electron chi connectivity index (χ4n) is 5.02. The fraction of sp³-hybridized carbons (Fsp3) is 0.286. The van der Waals surface area contributed by atoms with Gasteiger partial charge < -0.3 is 20.5 Å². The Labute approximate surface area is 214 Å². The molecule has 0 aliphatic carbocycles. The van der Waals surface area contributed by atoms with Crippen LogP contribution in [0.1, 0.15) is 24.8 Å². The average Bonchev–Trinajstić information content (AvgIpc) is 3.36. The number of halogens is 2. The number of fused-ring (bicyclic) bond motifs is 1. The van der Waals surface area contributed by atoms with Gasteiger partial charge in [0, 0.05) is 60.6 Å². The van der Waals surface area contributed by atoms with Crippen molar-refractivity contribution in [3.63, 3.8) is 0 Å². The van der Waals surface area contributed by atoms with E-state index in [1.54, 1.807) is 12.3 Å². The molecule has 1 aliphatic rings. The zero-order chi connectivity index (χ0) is 25.2. The first-order chi connectivity index (χ1) is 17.4. The van der Waals surface area contributed by atoms with Gasteiger partial charge in [0.05, 0.1) is 11.6 Å². The molecule has 2 aromatic carbocycles. The first kappa shape index (κ1) is 24.3. The molecule has 3 heterocycles. The molecule has 36 heavy (non-hydrogen) atoms. The fourth-order valence-corrected chi connectivity index (χ4v) is 5.14. The molecule has 1 fully saturated rings. The summed E-state index contributed by atoms with van der Waals surface area (Å²) < 4.78 is 14.0. The van der Waals surface area contributed by atoms with Crippen molar-refractivity contribution in [2.75, 3.05) is 31.1 Å². The van der Waals surface area contributed by atoms with Gasteiger partial charge >= 0.3 is 0 Å². The van der Waals surface area contributed by atoms with Gasteiger partial charge in [0.1, 0.15) is 11.5 Å². The number of piperazine rings is 1. The predicted octanol–water partition coefficient (Wildman–Crippen LogP) is 5.19. The summed E-state index contributed by atoms with van der Waals surface area (Å²) >= 11 is 6.07. The van der Waals surface area contributed by atoms with E-state index in [0.29, 0.717) is 37.6 Å². The summed E-state index contributed by atoms with van der Waals surface area (Å²) in [7, 11) is 0. The van der Waals surface area contributed by atoms with Crippen LogP contribution in [0.25, 0.3) is 22.2 Å². The molecule has 8 heteroatoms. The van der Waals surface area contributed by atoms with Crippen LogP contribution in [-0.2, 0) is 4.79 Å². The lowest BCUT2D eigenvalue weighted by Crippen LogP contribution is -2.50. The highest BCUT2D eigenvalue weighted by Gasteiger charge is 2.30. The molecule has 6 nitrogen and oxygen atoms in total. The highest BCUT2D eigenvalue weighted by molar-refractivity contribution is 6.30. The average molecular weight is 506 g/mol. The number of aromatic amines is 1. The molecule has 0 spiro atoms. The topological polar surface area (TPSA) is 78.2 Å². The molecule has 5 rings (SSSR count). The molecular formula is C28H29ClFN5O. The predicted molar refractivity (Wildman–Crippen MR) is 143 cm³/mol. The van der Waals surface area contributed by atoms with Crippen molar-refractivity contribution in [1.29, 1.82) is 0 Å². The van der Waals surface area contributed by atoms with Crippen molar-refractivity contribution in [2.24, 2.45) is 5.73 Å². The largest absolute Gasteiger partial charge is 0.367 e. The maximum absolute atomic E-state index is 14.0. The summed E-state index contributed by atoms with van der Waals surface area (Å²) in [5.41, 5.74) is 10.5. The second-order valence-corrected chi connectivity index (χ2v) is 9.84. The van der Waals surface area contributed by atoms with Crippen LogP contribution in [0.5, 0.6) is 0 Å². The minimum Gasteiger partial charge on any atom is -0.367 e. The van der Waals surface area contributed by atoms with Gasteiger partial charge in [-0.15, -0.1) is 0 Å². The second-order valence-electron chi connectivity index (χ2n) is 9.40. The minimum absolute atomic E-state index is 0.0844. The van der Waals surface area contributed by atoms with Crippen LogP contribution in [0.4, 0.5) is 10.1 Å². The zero-order valence-electron chi connectivity index (χ0n) is 20.1. The second kappa shape index (κ2) is 10.3. The number of hydrogen-bond acceptors (Lipinski definition) is 4. The molecule has 1 saturated heterocycles. The Kier molecular flexibility index (Phi) is 6.94. The number of amides is 1. The van der Waals surface area contributed by atoms with Crippen LogP contribution in [0.2, 0.25) is 5.02 Å². The molecule has 2 atom stereocenters. The van der Waals surface area contributed by atoms with E-state index in [1.807, 2.05) is 54.4 Å². The summed E-state index contributed by atoms with van der Waals surface area (Å²) in [4.78, 5) is 25.5. The van der Waals surface area contributed by atoms with E-state index in [1.165, 1.54) is 12.1 Å². The molecule has 1 aliphatic heterocycles. The number of aromatic nitrogens is 2. The van der Waals surface area contributed by atoms with Crippen LogP contribution in [0, 0.1) is 5.82 Å². The van der Waals surface area contributed by atoms with Crippen LogP contribution in [0.3, 0.4) is 0 Å². The molecule has 2 aromatic heterocycles. The Morgan fingerprint density at radius 1 is 1.14 bits per heavy atom. The van der Waals surface area contributed by atoms with Gasteiger partial charge in [0.15, 0.2) is 0 Å². The lowest BCUT2D eigenvalue weighted by atomic mass is 9.91. The lowest BCUT2D eigenvalue weighted by Gasteiger charge is -2.39. The Hall–Kier alpha value is -3.42. The number of nitrogens with one attached hydrogen (secondary N) is 1. The quantitative estimate of drug-likeness (QED) is 0.378. The third-order valence-corrected chi connectivity index (χ3v) is 7.03. The minimum atomic E-state index is -0.311. The monoisotopic (exact) mass is 505 g/mol. The molecule has 0 saturated carbocycles. The van der Waals surface area contributed by atoms with Crippen LogP contribution < -0.4 is 10.6 Å². The smallest absolute Gasteiger partial charge is 0.230 e. The maximum Gasteiger partial charge on any atom is 0.230 e. The Morgan fingerprint density at radius 3 is 2.58 bits per heavy atom. The van der Waals surface area contributed by atoms with E-state index in [2.05, 4.69) is 14.9 Å². The van der Waals surface area contributed by atoms with Gasteiger partial charge in [-0.25, -0.2) is 9.37 Å². The van der Waals surface area contributed by atoms with E-state index < -0.39 is 0 Å². The first-order valence-electron chi connectivity index (χ1n) is 12.2. The van der Waals surface area contributed by atoms with E-state index in [0.717, 1.165) is 33.4 Å². The molecule has 1 amide bonds. The summed E-state index contributed by atoms with van der Waals surface area (Å²) in [6, 6.07) is 15.9. The summed E-state index contributed by atoms with van der Waals surface area (Å²) in [5.74, 6) is -0.513. The molecule has 1 unspecified atom stereocenters. The number of nitrogens with zero attached hydrogens (tertiary/aromatic N) is 3. The Morgan fingerprint density at radius 2 is 1.89 bits per heavy atom. The van der Waals surface area contributed by atoms with Crippen molar-refractivity contribution in [3.05, 3.63) is 83.4 Å². The summed E-state index contributed by atoms with van der Waals surface area (Å²) in [6.07, 6.45) is 4.22. The molecule has 3 N–H and O–H groups in total. The van der Waals surface area contributed by atoms with Gasteiger partial charge in [-0.05, 0) is 54.8 Å². The van der Waals surface area contributed by atoms with Crippen LogP contribution in [-0.4, -0.2) is 53.0 Å². The standard InChI is InChI=1S/C28H29ClFN5O/c1-18(31)15-24(19-5-7-21(29)8-6-19)28(36)35-13-11-34(12-14-35)26-23-9-10-32-27(23)33-17-25(26)20-3-2-4-22(30)16-20/h2-10,16-18,24H,11-15,31H2,1H3,(H,32,33)/t18?,24-/m1/s1. The number of benzene rings is 2. The number of hydrogen-bond donors (Lipinski definition) is 2. The Bertz CT molecular complexity index is 1360. The van der Waals surface area contributed by atoms with Gasteiger partial charge in [0.25, 0.3) is 0 Å². The van der Waals surface area contributed by atoms with Crippen molar-refractivity contribution in [2.45, 2.75) is 25.3 Å². The van der Waals surface area contributed by atoms with E-state index in [9.17, 15) is 9.18 Å². The molecular weight excluding hydrogens is 477 g/mol. The van der Waals surface area contributed by atoms with Crippen molar-refractivity contribution >= 4 is 34.2 Å². The maximum atomic E-state index is 14.0. The highest BCUT2D eigenvalue weighted by atomic mass is 35.5. The normalized spacial score (nSPS) is 15.8. The van der Waals surface area contributed by atoms with Crippen LogP contribution in [0.15, 0.2) is 67.0 Å². The zero-order valence-corrected chi connectivity index (χ0v) is 20.9. The van der Waals surface area contributed by atoms with Crippen LogP contribution >= 0.6 is 11.6 Å². The van der Waals surface area contributed by atoms with E-state index in [-0.39, 0.29) is 23.7 Å². The SMILES string of the molecule is CC(N)C[C@@H](C(=O)N1CCN(c2c(-c3cccc(F)c3)cnc3[nH]ccc23)CC1)c1ccc(Cl)cc1. The molecule has 0 radical (unpaired) electrons. The molecule has 0 bridgehead atoms. The van der Waals surface area contributed by atoms with E-state index in [4.69, 9.17) is 17.3 Å². The third-order valence-electron chi connectivity index (χ3n) is 6.78. The number of nitrogens with two attached hydrogens (primary N) is 1. The van der Waals surface area contributed by atoms with E-state index >= 15 is 0 Å². The number of rotatable bonds is 6. The number of anilines is 1. The summed E-state index contributed by atoms with van der Waals surface area (Å²) in [5, 5.41) is 1.62. The summed E-state index contributed by atoms with van der Waals surface area (Å²) in [6.45, 7) is 4.40. The molecule has 4 aromatic rings. The number of carbonyl (C=O) groups is 1. The van der Waals surface area contributed by atoms with Crippen molar-refractivity contribution < 1.29 is 9.18 Å². The van der Waals surface area contributed by atoms with Crippen molar-refractivity contribution in [3.8, 4) is 11.1 Å². The lowest BCUT2D eigenvalue weighted by molar-refractivity contribution is -0.133. The third kappa shape index (κ3) is 4.94. The highest BCUT2D eigenvalue weighted by Crippen LogP contribution is 2.37. The van der Waals surface area contributed by atoms with Gasteiger partial charge in [0.2, 0.25) is 5.91 Å². The number of pyridine rings is 1. The van der Waals surface area contributed by atoms with Crippen molar-refractivity contribution in [1.82, 2.24) is 14.9 Å². The number of H-pyrrole nitrogens is 1.